The molecule has 1 amide bonds. The number of hydrogen-bond acceptors (Lipinski definition) is 1. The Kier molecular flexibility index (Phi) is 4.14. The van der Waals surface area contributed by atoms with Gasteiger partial charge in [-0.2, -0.15) is 0 Å². The lowest BCUT2D eigenvalue weighted by molar-refractivity contribution is 0.102. The zero-order chi connectivity index (χ0) is 14.0. The van der Waals surface area contributed by atoms with Crippen molar-refractivity contribution in [2.75, 3.05) is 5.32 Å². The third kappa shape index (κ3) is 3.09. The highest BCUT2D eigenvalue weighted by Gasteiger charge is 2.13. The molecule has 0 radical (unpaired) electrons. The van der Waals surface area contributed by atoms with Crippen molar-refractivity contribution in [3.05, 3.63) is 62.7 Å². The van der Waals surface area contributed by atoms with Crippen LogP contribution in [0, 0.1) is 22.1 Å². The molecule has 0 bridgehead atoms. The van der Waals surface area contributed by atoms with E-state index in [1.165, 1.54) is 6.92 Å². The van der Waals surface area contributed by atoms with Crippen LogP contribution in [-0.2, 0) is 0 Å². The summed E-state index contributed by atoms with van der Waals surface area (Å²) >= 11 is 2.01. The van der Waals surface area contributed by atoms with Gasteiger partial charge in [0.05, 0.1) is 11.3 Å². The van der Waals surface area contributed by atoms with Crippen LogP contribution in [0.1, 0.15) is 15.9 Å². The summed E-state index contributed by atoms with van der Waals surface area (Å²) in [7, 11) is 0. The monoisotopic (exact) mass is 373 g/mol. The molecule has 0 aliphatic rings. The lowest BCUT2D eigenvalue weighted by Gasteiger charge is -2.09. The van der Waals surface area contributed by atoms with Gasteiger partial charge in [0.25, 0.3) is 5.91 Å². The second-order valence-corrected chi connectivity index (χ2v) is 5.18. The van der Waals surface area contributed by atoms with Crippen molar-refractivity contribution in [1.82, 2.24) is 0 Å². The van der Waals surface area contributed by atoms with Gasteiger partial charge in [-0.15, -0.1) is 0 Å². The minimum absolute atomic E-state index is 0.159. The molecular formula is C14H10F2INO. The lowest BCUT2D eigenvalue weighted by atomic mass is 10.2. The third-order valence-electron chi connectivity index (χ3n) is 2.61. The van der Waals surface area contributed by atoms with E-state index in [0.29, 0.717) is 5.56 Å². The van der Waals surface area contributed by atoms with Crippen LogP contribution in [0.3, 0.4) is 0 Å². The highest BCUT2D eigenvalue weighted by Crippen LogP contribution is 2.20. The predicted molar refractivity (Wildman–Crippen MR) is 78.2 cm³/mol. The lowest BCUT2D eigenvalue weighted by Crippen LogP contribution is -2.14. The summed E-state index contributed by atoms with van der Waals surface area (Å²) < 4.78 is 27.7. The number of carbonyl (C=O) groups is 1. The summed E-state index contributed by atoms with van der Waals surface area (Å²) in [6, 6.07) is 8.94. The molecule has 1 N–H and O–H groups in total. The second-order valence-electron chi connectivity index (χ2n) is 4.02. The van der Waals surface area contributed by atoms with Gasteiger partial charge in [0, 0.05) is 9.64 Å². The molecule has 0 unspecified atom stereocenters. The number of nitrogens with one attached hydrogen (secondary N) is 1. The fourth-order valence-electron chi connectivity index (χ4n) is 1.58. The van der Waals surface area contributed by atoms with Gasteiger partial charge in [0.1, 0.15) is 11.6 Å². The average Bonchev–Trinajstić information content (AvgIpc) is 2.36. The summed E-state index contributed by atoms with van der Waals surface area (Å²) in [5.74, 6) is -1.68. The standard InChI is InChI=1S/C14H10F2INO/c1-8-6-11(16)13(7-10(8)15)18-14(19)9-4-2-3-5-12(9)17/h2-7H,1H3,(H,18,19). The first kappa shape index (κ1) is 13.9. The number of aryl methyl sites for hydroxylation is 1. The van der Waals surface area contributed by atoms with Gasteiger partial charge in [-0.1, -0.05) is 12.1 Å². The average molecular weight is 373 g/mol. The van der Waals surface area contributed by atoms with Crippen molar-refractivity contribution in [1.29, 1.82) is 0 Å². The Hall–Kier alpha value is -1.50. The van der Waals surface area contributed by atoms with Crippen LogP contribution in [-0.4, -0.2) is 5.91 Å². The van der Waals surface area contributed by atoms with E-state index in [1.54, 1.807) is 24.3 Å². The van der Waals surface area contributed by atoms with Crippen LogP contribution in [0.2, 0.25) is 0 Å². The van der Waals surface area contributed by atoms with E-state index in [0.717, 1.165) is 15.7 Å². The summed E-state index contributed by atoms with van der Waals surface area (Å²) in [6.07, 6.45) is 0. The Labute approximate surface area is 123 Å². The molecule has 2 rings (SSSR count). The molecule has 19 heavy (non-hydrogen) atoms. The van der Waals surface area contributed by atoms with Crippen molar-refractivity contribution in [2.24, 2.45) is 0 Å². The minimum atomic E-state index is -0.654. The molecule has 0 fully saturated rings. The fraction of sp³-hybridized carbons (Fsp3) is 0.0714. The number of halogens is 3. The van der Waals surface area contributed by atoms with Gasteiger partial charge >= 0.3 is 0 Å². The number of carbonyl (C=O) groups excluding carboxylic acids is 1. The van der Waals surface area contributed by atoms with Crippen LogP contribution in [0.15, 0.2) is 36.4 Å². The van der Waals surface area contributed by atoms with Gasteiger partial charge in [-0.3, -0.25) is 4.79 Å². The SMILES string of the molecule is Cc1cc(F)c(NC(=O)c2ccccc2I)cc1F. The van der Waals surface area contributed by atoms with Crippen molar-refractivity contribution in [3.8, 4) is 0 Å². The van der Waals surface area contributed by atoms with Gasteiger partial charge in [-0.05, 0) is 53.3 Å². The molecule has 0 atom stereocenters. The number of amides is 1. The third-order valence-corrected chi connectivity index (χ3v) is 3.56. The predicted octanol–water partition coefficient (Wildman–Crippen LogP) is 4.13. The minimum Gasteiger partial charge on any atom is -0.319 e. The Balaban J connectivity index is 2.30. The normalized spacial score (nSPS) is 10.3. The van der Waals surface area contributed by atoms with E-state index in [4.69, 9.17) is 0 Å². The first-order valence-corrected chi connectivity index (χ1v) is 6.58. The zero-order valence-electron chi connectivity index (χ0n) is 10.0. The number of anilines is 1. The second kappa shape index (κ2) is 5.64. The van der Waals surface area contributed by atoms with Crippen molar-refractivity contribution in [3.63, 3.8) is 0 Å². The van der Waals surface area contributed by atoms with Crippen molar-refractivity contribution in [2.45, 2.75) is 6.92 Å². The molecule has 0 spiro atoms. The highest BCUT2D eigenvalue weighted by atomic mass is 127. The fourth-order valence-corrected chi connectivity index (χ4v) is 2.21. The quantitative estimate of drug-likeness (QED) is 0.789. The topological polar surface area (TPSA) is 29.1 Å². The van der Waals surface area contributed by atoms with E-state index in [1.807, 2.05) is 22.6 Å². The smallest absolute Gasteiger partial charge is 0.256 e. The number of benzene rings is 2. The largest absolute Gasteiger partial charge is 0.319 e. The van der Waals surface area contributed by atoms with Gasteiger partial charge in [0.15, 0.2) is 0 Å². The summed E-state index contributed by atoms with van der Waals surface area (Å²) in [4.78, 5) is 12.0. The van der Waals surface area contributed by atoms with E-state index in [2.05, 4.69) is 5.32 Å². The Bertz CT molecular complexity index is 643. The zero-order valence-corrected chi connectivity index (χ0v) is 12.2. The first-order valence-electron chi connectivity index (χ1n) is 5.50. The Morgan fingerprint density at radius 1 is 1.16 bits per heavy atom. The van der Waals surface area contributed by atoms with Crippen LogP contribution >= 0.6 is 22.6 Å². The molecule has 2 aromatic carbocycles. The van der Waals surface area contributed by atoms with Gasteiger partial charge in [-0.25, -0.2) is 8.78 Å². The maximum atomic E-state index is 13.6. The summed E-state index contributed by atoms with van der Waals surface area (Å²) in [6.45, 7) is 1.46. The summed E-state index contributed by atoms with van der Waals surface area (Å²) in [5, 5.41) is 2.38. The number of rotatable bonds is 2. The molecule has 0 aromatic heterocycles. The van der Waals surface area contributed by atoms with E-state index < -0.39 is 17.5 Å². The molecule has 0 saturated heterocycles. The van der Waals surface area contributed by atoms with E-state index in [9.17, 15) is 13.6 Å². The van der Waals surface area contributed by atoms with Gasteiger partial charge in [0.2, 0.25) is 0 Å². The molecule has 2 aromatic rings. The van der Waals surface area contributed by atoms with Crippen LogP contribution in [0.5, 0.6) is 0 Å². The highest BCUT2D eigenvalue weighted by molar-refractivity contribution is 14.1. The molecule has 98 valence electrons. The molecule has 0 aliphatic heterocycles. The number of hydrogen-bond donors (Lipinski definition) is 1. The Morgan fingerprint density at radius 3 is 2.53 bits per heavy atom. The van der Waals surface area contributed by atoms with Crippen LogP contribution in [0.25, 0.3) is 0 Å². The molecule has 0 heterocycles. The summed E-state index contributed by atoms with van der Waals surface area (Å²) in [5.41, 5.74) is 0.459. The molecule has 0 saturated carbocycles. The van der Waals surface area contributed by atoms with Gasteiger partial charge < -0.3 is 5.32 Å². The van der Waals surface area contributed by atoms with Crippen molar-refractivity contribution >= 4 is 34.2 Å². The molecule has 2 nitrogen and oxygen atoms in total. The Morgan fingerprint density at radius 2 is 1.84 bits per heavy atom. The molecular weight excluding hydrogens is 363 g/mol. The van der Waals surface area contributed by atoms with Crippen LogP contribution < -0.4 is 5.32 Å². The maximum absolute atomic E-state index is 13.6. The van der Waals surface area contributed by atoms with E-state index in [-0.39, 0.29) is 11.3 Å². The van der Waals surface area contributed by atoms with Crippen molar-refractivity contribution < 1.29 is 13.6 Å². The first-order chi connectivity index (χ1) is 8.99. The maximum Gasteiger partial charge on any atom is 0.256 e. The molecule has 5 heteroatoms. The molecule has 0 aliphatic carbocycles. The van der Waals surface area contributed by atoms with E-state index >= 15 is 0 Å². The van der Waals surface area contributed by atoms with Crippen LogP contribution in [0.4, 0.5) is 14.5 Å².